The van der Waals surface area contributed by atoms with Crippen molar-refractivity contribution in [3.05, 3.63) is 65.9 Å². The van der Waals surface area contributed by atoms with Crippen LogP contribution >= 0.6 is 11.6 Å². The number of amides is 1. The fourth-order valence-electron chi connectivity index (χ4n) is 3.60. The number of carbonyl (C=O) groups excluding carboxylic acids is 1. The monoisotopic (exact) mass is 448 g/mol. The first-order valence-corrected chi connectivity index (χ1v) is 10.9. The van der Waals surface area contributed by atoms with Crippen LogP contribution in [0.15, 0.2) is 60.9 Å². The third-order valence-electron chi connectivity index (χ3n) is 5.29. The van der Waals surface area contributed by atoms with Crippen LogP contribution in [-0.4, -0.2) is 34.5 Å². The second kappa shape index (κ2) is 9.80. The summed E-state index contributed by atoms with van der Waals surface area (Å²) < 4.78 is 0. The van der Waals surface area contributed by atoms with Gasteiger partial charge in [0.1, 0.15) is 0 Å². The van der Waals surface area contributed by atoms with E-state index in [4.69, 9.17) is 11.6 Å². The summed E-state index contributed by atoms with van der Waals surface area (Å²) in [6.07, 6.45) is 4.25. The average Bonchev–Trinajstić information content (AvgIpc) is 3.23. The SMILES string of the molecule is CCC(CNC)C(=O)Nc1cccc(Nc2ncc(Cl)c(-c3c[nH]c4ccccc34)n2)c1. The van der Waals surface area contributed by atoms with Crippen molar-refractivity contribution >= 4 is 45.7 Å². The van der Waals surface area contributed by atoms with Gasteiger partial charge in [-0.05, 0) is 37.7 Å². The summed E-state index contributed by atoms with van der Waals surface area (Å²) in [5.41, 5.74) is 4.03. The van der Waals surface area contributed by atoms with Crippen LogP contribution in [-0.2, 0) is 4.79 Å². The number of aromatic amines is 1. The quantitative estimate of drug-likeness (QED) is 0.297. The second-order valence-corrected chi connectivity index (χ2v) is 7.90. The van der Waals surface area contributed by atoms with E-state index in [0.29, 0.717) is 28.9 Å². The smallest absolute Gasteiger partial charge is 0.228 e. The molecule has 0 saturated heterocycles. The van der Waals surface area contributed by atoms with Gasteiger partial charge in [0.15, 0.2) is 0 Å². The van der Waals surface area contributed by atoms with Crippen LogP contribution in [0.1, 0.15) is 13.3 Å². The van der Waals surface area contributed by atoms with Gasteiger partial charge in [-0.15, -0.1) is 0 Å². The first-order chi connectivity index (χ1) is 15.6. The molecule has 8 heteroatoms. The Labute approximate surface area is 191 Å². The molecule has 1 atom stereocenters. The molecule has 0 aliphatic carbocycles. The van der Waals surface area contributed by atoms with Crippen molar-refractivity contribution in [1.29, 1.82) is 0 Å². The molecule has 0 spiro atoms. The summed E-state index contributed by atoms with van der Waals surface area (Å²) in [6.45, 7) is 2.64. The Bertz CT molecular complexity index is 1240. The summed E-state index contributed by atoms with van der Waals surface area (Å²) in [5.74, 6) is 0.318. The van der Waals surface area contributed by atoms with Crippen molar-refractivity contribution in [3.63, 3.8) is 0 Å². The standard InChI is InChI=1S/C24H25ClN6O/c1-3-15(12-26-2)23(32)29-16-7-6-8-17(11-16)30-24-28-14-20(25)22(31-24)19-13-27-21-10-5-4-9-18(19)21/h4-11,13-15,26-27H,3,12H2,1-2H3,(H,29,32)(H,28,30,31). The Morgan fingerprint density at radius 2 is 1.97 bits per heavy atom. The Hall–Kier alpha value is -3.42. The molecule has 2 heterocycles. The molecule has 0 aliphatic rings. The fourth-order valence-corrected chi connectivity index (χ4v) is 3.79. The normalized spacial score (nSPS) is 12.0. The number of nitrogens with one attached hydrogen (secondary N) is 4. The highest BCUT2D eigenvalue weighted by atomic mass is 35.5. The van der Waals surface area contributed by atoms with Crippen LogP contribution in [0.3, 0.4) is 0 Å². The molecule has 1 amide bonds. The van der Waals surface area contributed by atoms with Crippen molar-refractivity contribution in [3.8, 4) is 11.3 Å². The number of anilines is 3. The highest BCUT2D eigenvalue weighted by molar-refractivity contribution is 6.33. The number of nitrogens with zero attached hydrogens (tertiary/aromatic N) is 2. The average molecular weight is 449 g/mol. The molecule has 0 radical (unpaired) electrons. The Morgan fingerprint density at radius 3 is 2.78 bits per heavy atom. The lowest BCUT2D eigenvalue weighted by atomic mass is 10.1. The zero-order chi connectivity index (χ0) is 22.5. The molecule has 4 rings (SSSR count). The summed E-state index contributed by atoms with van der Waals surface area (Å²) in [4.78, 5) is 24.7. The van der Waals surface area contributed by atoms with Gasteiger partial charge < -0.3 is 20.9 Å². The number of hydrogen-bond donors (Lipinski definition) is 4. The van der Waals surface area contributed by atoms with Crippen molar-refractivity contribution in [2.75, 3.05) is 24.2 Å². The molecule has 0 saturated carbocycles. The van der Waals surface area contributed by atoms with Gasteiger partial charge in [0.05, 0.1) is 22.8 Å². The van der Waals surface area contributed by atoms with Crippen LogP contribution in [0.4, 0.5) is 17.3 Å². The molecule has 0 aliphatic heterocycles. The van der Waals surface area contributed by atoms with Crippen molar-refractivity contribution < 1.29 is 4.79 Å². The van der Waals surface area contributed by atoms with E-state index >= 15 is 0 Å². The molecule has 7 nitrogen and oxygen atoms in total. The Balaban J connectivity index is 1.56. The van der Waals surface area contributed by atoms with Gasteiger partial charge in [0, 0.05) is 40.6 Å². The molecular formula is C24H25ClN6O. The maximum absolute atomic E-state index is 12.5. The Morgan fingerprint density at radius 1 is 1.16 bits per heavy atom. The zero-order valence-electron chi connectivity index (χ0n) is 17.9. The van der Waals surface area contributed by atoms with Gasteiger partial charge in [-0.2, -0.15) is 0 Å². The molecule has 4 aromatic rings. The number of rotatable bonds is 8. The van der Waals surface area contributed by atoms with E-state index in [9.17, 15) is 4.79 Å². The predicted octanol–water partition coefficient (Wildman–Crippen LogP) is 5.21. The van der Waals surface area contributed by atoms with E-state index in [1.807, 2.05) is 68.7 Å². The van der Waals surface area contributed by atoms with Gasteiger partial charge in [-0.25, -0.2) is 9.97 Å². The van der Waals surface area contributed by atoms with Crippen LogP contribution < -0.4 is 16.0 Å². The molecule has 0 fully saturated rings. The highest BCUT2D eigenvalue weighted by Gasteiger charge is 2.16. The van der Waals surface area contributed by atoms with Crippen molar-refractivity contribution in [1.82, 2.24) is 20.3 Å². The molecular weight excluding hydrogens is 424 g/mol. The summed E-state index contributed by atoms with van der Waals surface area (Å²) in [6, 6.07) is 15.5. The number of H-pyrrole nitrogens is 1. The second-order valence-electron chi connectivity index (χ2n) is 7.50. The summed E-state index contributed by atoms with van der Waals surface area (Å²) in [5, 5.41) is 10.8. The third kappa shape index (κ3) is 4.74. The van der Waals surface area contributed by atoms with E-state index in [1.54, 1.807) is 6.20 Å². The first-order valence-electron chi connectivity index (χ1n) is 10.5. The lowest BCUT2D eigenvalue weighted by Crippen LogP contribution is -2.30. The Kier molecular flexibility index (Phi) is 6.68. The zero-order valence-corrected chi connectivity index (χ0v) is 18.7. The minimum absolute atomic E-state index is 0.0108. The van der Waals surface area contributed by atoms with Gasteiger partial charge in [0.25, 0.3) is 0 Å². The molecule has 4 N–H and O–H groups in total. The predicted molar refractivity (Wildman–Crippen MR) is 130 cm³/mol. The number of benzene rings is 2. The number of hydrogen-bond acceptors (Lipinski definition) is 5. The highest BCUT2D eigenvalue weighted by Crippen LogP contribution is 2.32. The van der Waals surface area contributed by atoms with Crippen LogP contribution in [0.2, 0.25) is 5.02 Å². The lowest BCUT2D eigenvalue weighted by molar-refractivity contribution is -0.119. The van der Waals surface area contributed by atoms with Gasteiger partial charge in [-0.3, -0.25) is 4.79 Å². The fraction of sp³-hybridized carbons (Fsp3) is 0.208. The van der Waals surface area contributed by atoms with Crippen LogP contribution in [0.5, 0.6) is 0 Å². The summed E-state index contributed by atoms with van der Waals surface area (Å²) >= 11 is 6.42. The molecule has 1 unspecified atom stereocenters. The van der Waals surface area contributed by atoms with Crippen molar-refractivity contribution in [2.24, 2.45) is 5.92 Å². The van der Waals surface area contributed by atoms with E-state index in [1.165, 1.54) is 0 Å². The minimum atomic E-state index is -0.0880. The van der Waals surface area contributed by atoms with Gasteiger partial charge in [0.2, 0.25) is 11.9 Å². The van der Waals surface area contributed by atoms with Gasteiger partial charge >= 0.3 is 0 Å². The van der Waals surface area contributed by atoms with E-state index in [2.05, 4.69) is 30.9 Å². The van der Waals surface area contributed by atoms with E-state index in [-0.39, 0.29) is 11.8 Å². The largest absolute Gasteiger partial charge is 0.360 e. The third-order valence-corrected chi connectivity index (χ3v) is 5.57. The topological polar surface area (TPSA) is 94.7 Å². The first kappa shape index (κ1) is 21.8. The van der Waals surface area contributed by atoms with Crippen molar-refractivity contribution in [2.45, 2.75) is 13.3 Å². The molecule has 32 heavy (non-hydrogen) atoms. The number of fused-ring (bicyclic) bond motifs is 1. The number of halogens is 1. The maximum Gasteiger partial charge on any atom is 0.228 e. The molecule has 0 bridgehead atoms. The lowest BCUT2D eigenvalue weighted by Gasteiger charge is -2.15. The number of carbonyl (C=O) groups is 1. The minimum Gasteiger partial charge on any atom is -0.360 e. The number of aromatic nitrogens is 3. The molecule has 164 valence electrons. The van der Waals surface area contributed by atoms with Crippen LogP contribution in [0.25, 0.3) is 22.2 Å². The van der Waals surface area contributed by atoms with Gasteiger partial charge in [-0.1, -0.05) is 42.8 Å². The number of para-hydroxylation sites is 1. The van der Waals surface area contributed by atoms with Crippen LogP contribution in [0, 0.1) is 5.92 Å². The molecule has 2 aromatic heterocycles. The summed E-state index contributed by atoms with van der Waals surface area (Å²) in [7, 11) is 1.84. The van der Waals surface area contributed by atoms with E-state index < -0.39 is 0 Å². The molecule has 2 aromatic carbocycles. The maximum atomic E-state index is 12.5. The van der Waals surface area contributed by atoms with E-state index in [0.717, 1.165) is 28.6 Å².